The first-order chi connectivity index (χ1) is 15.7. The number of carbonyl (C=O) groups excluding carboxylic acids is 1. The van der Waals surface area contributed by atoms with Gasteiger partial charge in [0.2, 0.25) is 5.60 Å². The summed E-state index contributed by atoms with van der Waals surface area (Å²) in [5, 5.41) is 2.16. The number of amides is 1. The number of fused-ring (bicyclic) bond motifs is 1. The lowest BCUT2D eigenvalue weighted by Gasteiger charge is -2.31. The summed E-state index contributed by atoms with van der Waals surface area (Å²) in [6.07, 6.45) is -6.15. The number of benzene rings is 2. The fourth-order valence-corrected chi connectivity index (χ4v) is 4.40. The number of rotatable bonds is 4. The number of hydrogen-bond donors (Lipinski definition) is 1. The molecule has 0 bridgehead atoms. The molecule has 1 aliphatic heterocycles. The molecule has 0 aromatic heterocycles. The first-order valence-corrected chi connectivity index (χ1v) is 11.8. The molecule has 12 heteroatoms. The summed E-state index contributed by atoms with van der Waals surface area (Å²) in [6.45, 7) is 6.80. The Morgan fingerprint density at radius 1 is 1.12 bits per heavy atom. The van der Waals surface area contributed by atoms with E-state index in [2.05, 4.69) is 10.1 Å². The summed E-state index contributed by atoms with van der Waals surface area (Å²) in [5.74, 6) is -0.369. The Kier molecular flexibility index (Phi) is 8.07. The van der Waals surface area contributed by atoms with Gasteiger partial charge in [0, 0.05) is 5.69 Å². The molecule has 3 rings (SSSR count). The van der Waals surface area contributed by atoms with Crippen LogP contribution >= 0.6 is 0 Å². The molecule has 0 radical (unpaired) electrons. The van der Waals surface area contributed by atoms with Crippen molar-refractivity contribution in [3.8, 4) is 5.75 Å². The number of carbonyl (C=O) groups is 1. The topological polar surface area (TPSA) is 84.9 Å². The average Bonchev–Trinajstić information content (AvgIpc) is 2.75. The van der Waals surface area contributed by atoms with Crippen LogP contribution in [0.15, 0.2) is 41.3 Å². The molecule has 0 saturated carbocycles. The Hall–Kier alpha value is -3.02. The smallest absolute Gasteiger partial charge is 0.427 e. The Morgan fingerprint density at radius 3 is 2.35 bits per heavy atom. The highest BCUT2D eigenvalue weighted by Crippen LogP contribution is 2.38. The molecular weight excluding hydrogens is 480 g/mol. The third-order valence-electron chi connectivity index (χ3n) is 4.77. The molecule has 2 aromatic carbocycles. The highest BCUT2D eigenvalue weighted by atomic mass is 32.2. The van der Waals surface area contributed by atoms with Gasteiger partial charge >= 0.3 is 12.3 Å². The summed E-state index contributed by atoms with van der Waals surface area (Å²) < 4.78 is 89.6. The Morgan fingerprint density at radius 2 is 1.76 bits per heavy atom. The summed E-state index contributed by atoms with van der Waals surface area (Å²) in [7, 11) is -4.11. The van der Waals surface area contributed by atoms with Gasteiger partial charge in [0.05, 0.1) is 17.1 Å². The zero-order valence-electron chi connectivity index (χ0n) is 19.3. The van der Waals surface area contributed by atoms with Crippen LogP contribution in [0.1, 0.15) is 33.3 Å². The second kappa shape index (κ2) is 10.1. The number of nitrogens with zero attached hydrogens (tertiary/aromatic N) is 1. The van der Waals surface area contributed by atoms with Gasteiger partial charge in [-0.05, 0) is 62.7 Å². The first-order valence-electron chi connectivity index (χ1n) is 10.3. The predicted octanol–water partition coefficient (Wildman–Crippen LogP) is 5.64. The Labute approximate surface area is 195 Å². The number of aryl methyl sites for hydroxylation is 1. The van der Waals surface area contributed by atoms with E-state index >= 15 is 0 Å². The lowest BCUT2D eigenvalue weighted by molar-refractivity contribution is -0.242. The fourth-order valence-electron chi connectivity index (χ4n) is 2.86. The van der Waals surface area contributed by atoms with Crippen LogP contribution in [0.5, 0.6) is 5.75 Å². The van der Waals surface area contributed by atoms with Crippen molar-refractivity contribution in [3.63, 3.8) is 0 Å². The van der Waals surface area contributed by atoms with Crippen molar-refractivity contribution in [1.29, 1.82) is 0 Å². The molecule has 0 saturated heterocycles. The van der Waals surface area contributed by atoms with E-state index in [-0.39, 0.29) is 40.7 Å². The van der Waals surface area contributed by atoms with E-state index in [9.17, 15) is 30.8 Å². The monoisotopic (exact) mass is 506 g/mol. The van der Waals surface area contributed by atoms with Crippen molar-refractivity contribution in [2.75, 3.05) is 22.8 Å². The number of ether oxygens (including phenoxy) is 2. The zero-order chi connectivity index (χ0) is 25.9. The molecular formula is C22H26F4N2O5S. The molecule has 1 N–H and O–H groups in total. The van der Waals surface area contributed by atoms with E-state index in [0.29, 0.717) is 13.8 Å². The van der Waals surface area contributed by atoms with E-state index in [1.54, 1.807) is 0 Å². The minimum Gasteiger partial charge on any atom is -0.489 e. The molecule has 1 heterocycles. The van der Waals surface area contributed by atoms with Crippen molar-refractivity contribution >= 4 is 27.5 Å². The lowest BCUT2D eigenvalue weighted by Crippen LogP contribution is -2.44. The second-order valence-electron chi connectivity index (χ2n) is 7.54. The summed E-state index contributed by atoms with van der Waals surface area (Å²) >= 11 is 0. The van der Waals surface area contributed by atoms with E-state index in [1.807, 2.05) is 13.8 Å². The summed E-state index contributed by atoms with van der Waals surface area (Å²) in [4.78, 5) is 11.8. The molecule has 0 atom stereocenters. The first kappa shape index (κ1) is 27.2. The van der Waals surface area contributed by atoms with Crippen LogP contribution in [-0.4, -0.2) is 39.4 Å². The zero-order valence-corrected chi connectivity index (χ0v) is 20.1. The van der Waals surface area contributed by atoms with E-state index in [0.717, 1.165) is 16.4 Å². The molecule has 1 amide bonds. The van der Waals surface area contributed by atoms with Gasteiger partial charge in [-0.1, -0.05) is 13.8 Å². The summed E-state index contributed by atoms with van der Waals surface area (Å²) in [6, 6.07) is 7.31. The van der Waals surface area contributed by atoms with Gasteiger partial charge in [-0.2, -0.15) is 13.2 Å². The molecule has 34 heavy (non-hydrogen) atoms. The lowest BCUT2D eigenvalue weighted by atomic mass is 10.1. The van der Waals surface area contributed by atoms with Crippen molar-refractivity contribution in [2.24, 2.45) is 0 Å². The van der Waals surface area contributed by atoms with E-state index < -0.39 is 33.7 Å². The van der Waals surface area contributed by atoms with Crippen LogP contribution in [0, 0.1) is 12.7 Å². The van der Waals surface area contributed by atoms with Gasteiger partial charge in [0.25, 0.3) is 10.0 Å². The molecule has 2 aromatic rings. The van der Waals surface area contributed by atoms with Gasteiger partial charge in [-0.15, -0.1) is 0 Å². The van der Waals surface area contributed by atoms with Crippen molar-refractivity contribution < 1.29 is 40.2 Å². The summed E-state index contributed by atoms with van der Waals surface area (Å²) in [5.41, 5.74) is -2.53. The number of hydrogen-bond acceptors (Lipinski definition) is 5. The van der Waals surface area contributed by atoms with Gasteiger partial charge in [0.1, 0.15) is 18.2 Å². The van der Waals surface area contributed by atoms with Crippen LogP contribution < -0.4 is 14.4 Å². The number of sulfonamides is 1. The van der Waals surface area contributed by atoms with Crippen LogP contribution in [-0.2, 0) is 14.8 Å². The van der Waals surface area contributed by atoms with E-state index in [4.69, 9.17) is 4.74 Å². The van der Waals surface area contributed by atoms with Crippen LogP contribution in [0.2, 0.25) is 0 Å². The molecule has 1 aliphatic rings. The molecule has 7 nitrogen and oxygen atoms in total. The third-order valence-corrected chi connectivity index (χ3v) is 6.58. The van der Waals surface area contributed by atoms with Crippen molar-refractivity contribution in [3.05, 3.63) is 47.8 Å². The number of alkyl halides is 3. The van der Waals surface area contributed by atoms with Crippen molar-refractivity contribution in [1.82, 2.24) is 0 Å². The van der Waals surface area contributed by atoms with Gasteiger partial charge in [0.15, 0.2) is 0 Å². The SMILES string of the molecule is CC.Cc1cc(S(=O)(=O)N2CCOc3ccc(NC(=O)OC(C)(C)C(F)(F)F)cc32)ccc1F. The molecule has 0 aliphatic carbocycles. The average molecular weight is 507 g/mol. The molecule has 0 unspecified atom stereocenters. The van der Waals surface area contributed by atoms with Gasteiger partial charge < -0.3 is 9.47 Å². The number of nitrogens with one attached hydrogen (secondary N) is 1. The molecule has 188 valence electrons. The maximum Gasteiger partial charge on any atom is 0.427 e. The van der Waals surface area contributed by atoms with Crippen LogP contribution in [0.4, 0.5) is 33.7 Å². The van der Waals surface area contributed by atoms with Crippen molar-refractivity contribution in [2.45, 2.75) is 51.3 Å². The quantitative estimate of drug-likeness (QED) is 0.543. The van der Waals surface area contributed by atoms with E-state index in [1.165, 1.54) is 31.2 Å². The van der Waals surface area contributed by atoms with Gasteiger partial charge in [-0.25, -0.2) is 17.6 Å². The maximum atomic E-state index is 13.6. The Bertz CT molecular complexity index is 1150. The highest BCUT2D eigenvalue weighted by Gasteiger charge is 2.51. The fraction of sp³-hybridized carbons (Fsp3) is 0.409. The maximum absolute atomic E-state index is 13.6. The number of anilines is 2. The minimum absolute atomic E-state index is 0.00675. The standard InChI is InChI=1S/C20H20F4N2O5S.C2H6/c1-12-10-14(5-6-15(12)21)32(28,29)26-8-9-30-17-7-4-13(11-16(17)26)25-18(27)31-19(2,3)20(22,23)24;1-2/h4-7,10-11H,8-9H2,1-3H3,(H,25,27);1-2H3. The predicted molar refractivity (Wildman–Crippen MR) is 119 cm³/mol. The highest BCUT2D eigenvalue weighted by molar-refractivity contribution is 7.92. The largest absolute Gasteiger partial charge is 0.489 e. The van der Waals surface area contributed by atoms with Crippen LogP contribution in [0.25, 0.3) is 0 Å². The van der Waals surface area contributed by atoms with Gasteiger partial charge in [-0.3, -0.25) is 9.62 Å². The normalized spacial score (nSPS) is 13.7. The Balaban J connectivity index is 0.00000199. The van der Waals surface area contributed by atoms with Crippen LogP contribution in [0.3, 0.4) is 0 Å². The molecule has 0 spiro atoms. The number of halogens is 4. The second-order valence-corrected chi connectivity index (χ2v) is 9.40. The third kappa shape index (κ3) is 5.72. The minimum atomic E-state index is -4.79. The molecule has 0 fully saturated rings.